The van der Waals surface area contributed by atoms with E-state index < -0.39 is 177 Å². The number of nitrogens with zero attached hydrogens (tertiary/aromatic N) is 4. The van der Waals surface area contributed by atoms with E-state index in [1.165, 1.54) is 59.1 Å². The van der Waals surface area contributed by atoms with Crippen LogP contribution in [0.2, 0.25) is 0 Å². The van der Waals surface area contributed by atoms with Crippen LogP contribution in [0.4, 0.5) is 0 Å². The molecular weight excluding hydrogens is 1310 g/mol. The molecule has 0 radical (unpaired) electrons. The minimum atomic E-state index is -2.37. The number of unbranched alkanes of at least 4 members (excludes halogenated alkanes) is 2. The summed E-state index contributed by atoms with van der Waals surface area (Å²) in [6.07, 6.45) is 0.0991. The van der Waals surface area contributed by atoms with Crippen molar-refractivity contribution in [2.24, 2.45) is 85.8 Å². The summed E-state index contributed by atoms with van der Waals surface area (Å²) in [6.45, 7) is 22.5. The summed E-state index contributed by atoms with van der Waals surface area (Å²) in [5.74, 6) is -25.2. The van der Waals surface area contributed by atoms with Crippen LogP contribution >= 0.6 is 0 Å². The van der Waals surface area contributed by atoms with Crippen LogP contribution in [0.3, 0.4) is 0 Å². The molecule has 10 atom stereocenters. The Morgan fingerprint density at radius 1 is 0.634 bits per heavy atom. The molecule has 3 amide bonds. The minimum Gasteiger partial charge on any atom is -0.508 e. The number of aromatic hydroxyl groups is 3. The number of rotatable bonds is 36. The molecule has 2 saturated heterocycles. The molecule has 2 aliphatic rings. The zero-order valence-electron chi connectivity index (χ0n) is 60.8. The Kier molecular flexibility index (Phi) is 25.9. The summed E-state index contributed by atoms with van der Waals surface area (Å²) in [6, 6.07) is 14.1. The van der Waals surface area contributed by atoms with Crippen LogP contribution in [-0.4, -0.2) is 149 Å². The summed E-state index contributed by atoms with van der Waals surface area (Å²) in [7, 11) is 1.49. The number of benzene rings is 3. The predicted molar refractivity (Wildman–Crippen MR) is 368 cm³/mol. The Morgan fingerprint density at radius 2 is 1.18 bits per heavy atom. The van der Waals surface area contributed by atoms with Crippen LogP contribution in [0.15, 0.2) is 60.7 Å². The van der Waals surface area contributed by atoms with Gasteiger partial charge in [0, 0.05) is 30.8 Å². The number of aliphatic hydroxyl groups excluding tert-OH is 1. The smallest absolute Gasteiger partial charge is 0.321 e. The third-order valence-electron chi connectivity index (χ3n) is 21.2. The number of phenolic OH excluding ortho intramolecular Hbond substituents is 3. The number of carbonyl (C=O) groups is 10. The average Bonchev–Trinajstić information content (AvgIpc) is 1.71. The van der Waals surface area contributed by atoms with Crippen LogP contribution in [0.25, 0.3) is 34.2 Å². The van der Waals surface area contributed by atoms with Gasteiger partial charge in [-0.25, -0.2) is 15.0 Å². The van der Waals surface area contributed by atoms with E-state index in [2.05, 4.69) is 20.3 Å². The van der Waals surface area contributed by atoms with E-state index in [9.17, 15) is 64.5 Å². The van der Waals surface area contributed by atoms with Crippen molar-refractivity contribution < 1.29 is 103 Å². The lowest BCUT2D eigenvalue weighted by atomic mass is 9.53. The number of amides is 3. The number of carbonyl (C=O) groups excluding carboxylic acids is 7. The maximum atomic E-state index is 15.4. The second-order valence-corrected chi connectivity index (χ2v) is 30.3. The normalized spacial score (nSPS) is 19.0. The SMILES string of the molecule is CCCCNC(=O)C(C(CC(C)(C)C(C(=O)OCC)C(CC(C)(C)C1C(=O)OC(=O)C1C)C(=O)O)C(=O)O)C(C)(C)CC1C(=O)N(CCCC)C(=O)C1C(C)(C)CC(C(=O)O)C(CO)(C(=O)Oc1ccc(-c2nc(-c3ccc(OC)cc3)nc(-c3ccc(O)cc3O)n2)c(O)c1)C(C)(C)CC. The van der Waals surface area contributed by atoms with E-state index in [4.69, 9.17) is 18.9 Å². The molecule has 2 fully saturated rings. The van der Waals surface area contributed by atoms with Gasteiger partial charge >= 0.3 is 41.8 Å². The van der Waals surface area contributed by atoms with Crippen molar-refractivity contribution in [2.75, 3.05) is 33.4 Å². The molecule has 26 nitrogen and oxygen atoms in total. The number of aromatic nitrogens is 3. The van der Waals surface area contributed by atoms with E-state index in [1.54, 1.807) is 86.6 Å². The quantitative estimate of drug-likeness (QED) is 0.00689. The number of aliphatic hydroxyl groups is 1. The fraction of sp³-hybridized carbons (Fsp3) is 0.587. The molecule has 0 saturated carbocycles. The van der Waals surface area contributed by atoms with Gasteiger partial charge in [0.2, 0.25) is 17.7 Å². The maximum absolute atomic E-state index is 15.4. The number of esters is 4. The van der Waals surface area contributed by atoms with E-state index in [0.717, 1.165) is 17.0 Å². The first-order chi connectivity index (χ1) is 47.1. The van der Waals surface area contributed by atoms with Gasteiger partial charge in [-0.15, -0.1) is 0 Å². The van der Waals surface area contributed by atoms with Crippen molar-refractivity contribution >= 4 is 59.5 Å². The highest BCUT2D eigenvalue weighted by atomic mass is 16.6. The van der Waals surface area contributed by atoms with Gasteiger partial charge in [0.05, 0.1) is 84.7 Å². The molecule has 101 heavy (non-hydrogen) atoms. The highest BCUT2D eigenvalue weighted by molar-refractivity contribution is 6.05. The molecular formula is C75H101N5O21. The van der Waals surface area contributed by atoms with Gasteiger partial charge in [-0.05, 0) is 127 Å². The van der Waals surface area contributed by atoms with Crippen LogP contribution in [0, 0.1) is 85.8 Å². The number of carboxylic acids is 3. The van der Waals surface area contributed by atoms with Crippen LogP contribution in [0.5, 0.6) is 28.7 Å². The van der Waals surface area contributed by atoms with E-state index in [-0.39, 0.29) is 78.4 Å². The molecule has 8 N–H and O–H groups in total. The highest BCUT2D eigenvalue weighted by Gasteiger charge is 2.64. The van der Waals surface area contributed by atoms with Crippen LogP contribution in [-0.2, 0) is 57.4 Å². The molecule has 4 aromatic rings. The largest absolute Gasteiger partial charge is 0.508 e. The number of methoxy groups -OCH3 is 1. The fourth-order valence-electron chi connectivity index (χ4n) is 15.5. The predicted octanol–water partition coefficient (Wildman–Crippen LogP) is 10.5. The first-order valence-electron chi connectivity index (χ1n) is 34.4. The molecule has 0 aliphatic carbocycles. The highest BCUT2D eigenvalue weighted by Crippen LogP contribution is 2.57. The third-order valence-corrected chi connectivity index (χ3v) is 21.2. The number of hydrogen-bond acceptors (Lipinski definition) is 21. The summed E-state index contributed by atoms with van der Waals surface area (Å²) in [5.41, 5.74) is -9.46. The van der Waals surface area contributed by atoms with E-state index in [1.807, 2.05) is 13.8 Å². The van der Waals surface area contributed by atoms with Gasteiger partial charge in [-0.3, -0.25) is 52.8 Å². The van der Waals surface area contributed by atoms with Crippen LogP contribution < -0.4 is 14.8 Å². The van der Waals surface area contributed by atoms with Gasteiger partial charge in [-0.1, -0.05) is 110 Å². The molecule has 552 valence electrons. The summed E-state index contributed by atoms with van der Waals surface area (Å²) >= 11 is 0. The Balaban J connectivity index is 1.43. The molecule has 1 aromatic heterocycles. The number of cyclic esters (lactones) is 2. The van der Waals surface area contributed by atoms with Gasteiger partial charge < -0.3 is 60.0 Å². The topological polar surface area (TPSA) is 403 Å². The van der Waals surface area contributed by atoms with Gasteiger partial charge in [-0.2, -0.15) is 0 Å². The van der Waals surface area contributed by atoms with Crippen molar-refractivity contribution in [2.45, 2.75) is 162 Å². The molecule has 6 rings (SSSR count). The van der Waals surface area contributed by atoms with E-state index >= 15 is 19.2 Å². The number of aliphatic carboxylic acids is 3. The number of ether oxygens (including phenoxy) is 4. The second-order valence-electron chi connectivity index (χ2n) is 30.3. The van der Waals surface area contributed by atoms with Crippen molar-refractivity contribution in [1.29, 1.82) is 0 Å². The fourth-order valence-corrected chi connectivity index (χ4v) is 15.5. The standard InChI is InChI=1S/C75H101N5O21/c1-17-21-31-76-60(85)54(48(63(88)89)36-72(10,11)56(67(95)99-20-4)49(64(90)91)37-70(6,7)53-40(5)66(94)101-68(53)96)71(8,9)35-47-55(62(87)80(61(47)86)32-22-18-2)73(12,13)38-50(65(92)93)75(39-81,74(14,15)19-3)69(97)100-44-28-30-46(52(84)34-44)59-78-57(41-23-26-43(98-16)27-24-41)77-58(79-59)45-29-25-42(82)33-51(45)83/h23-30,33-34,40,47-50,53-56,81-84H,17-22,31-32,35-39H2,1-16H3,(H,76,85)(H,88,89)(H,90,91)(H,92,93). The number of nitrogens with one attached hydrogen (secondary N) is 1. The molecule has 26 heteroatoms. The monoisotopic (exact) mass is 1410 g/mol. The number of imide groups is 1. The summed E-state index contributed by atoms with van der Waals surface area (Å²) in [5, 5.41) is 81.7. The van der Waals surface area contributed by atoms with Gasteiger partial charge in [0.1, 0.15) is 34.2 Å². The second kappa shape index (κ2) is 32.3. The lowest BCUT2D eigenvalue weighted by Crippen LogP contribution is -2.58. The molecule has 2 aliphatic heterocycles. The van der Waals surface area contributed by atoms with Crippen molar-refractivity contribution in [1.82, 2.24) is 25.2 Å². The number of phenols is 3. The summed E-state index contributed by atoms with van der Waals surface area (Å²) in [4.78, 5) is 158. The van der Waals surface area contributed by atoms with Gasteiger partial charge in [0.15, 0.2) is 17.5 Å². The Morgan fingerprint density at radius 3 is 1.67 bits per heavy atom. The molecule has 0 bridgehead atoms. The van der Waals surface area contributed by atoms with Gasteiger partial charge in [0.25, 0.3) is 0 Å². The third kappa shape index (κ3) is 17.3. The molecule has 3 aromatic carbocycles. The lowest BCUT2D eigenvalue weighted by Gasteiger charge is -2.49. The summed E-state index contributed by atoms with van der Waals surface area (Å²) < 4.78 is 21.8. The van der Waals surface area contributed by atoms with Crippen molar-refractivity contribution in [3.8, 4) is 62.9 Å². The molecule has 3 heterocycles. The Hall–Kier alpha value is -9.07. The van der Waals surface area contributed by atoms with Crippen molar-refractivity contribution in [3.63, 3.8) is 0 Å². The first-order valence-corrected chi connectivity index (χ1v) is 34.4. The zero-order chi connectivity index (χ0) is 75.8. The Bertz CT molecular complexity index is 3750. The van der Waals surface area contributed by atoms with E-state index in [0.29, 0.717) is 37.0 Å². The lowest BCUT2D eigenvalue weighted by molar-refractivity contribution is -0.180. The van der Waals surface area contributed by atoms with Crippen molar-refractivity contribution in [3.05, 3.63) is 60.7 Å². The molecule has 0 spiro atoms. The molecule has 10 unspecified atom stereocenters. The zero-order valence-corrected chi connectivity index (χ0v) is 60.8. The Labute approximate surface area is 589 Å². The maximum Gasteiger partial charge on any atom is 0.321 e. The number of likely N-dealkylation sites (tertiary alicyclic amines) is 1. The number of carboxylic acid groups (broad SMARTS) is 3. The minimum absolute atomic E-state index is 0.0187. The van der Waals surface area contributed by atoms with Crippen LogP contribution in [0.1, 0.15) is 162 Å². The number of hydrogen-bond donors (Lipinski definition) is 8. The average molecular weight is 1410 g/mol. The first kappa shape index (κ1) is 80.9.